The van der Waals surface area contributed by atoms with E-state index in [1.165, 1.54) is 35.7 Å². The van der Waals surface area contributed by atoms with Gasteiger partial charge in [-0.05, 0) is 39.8 Å². The second-order valence-electron chi connectivity index (χ2n) is 5.97. The van der Waals surface area contributed by atoms with Crippen LogP contribution in [0.1, 0.15) is 30.6 Å². The van der Waals surface area contributed by atoms with Crippen LogP contribution in [0.15, 0.2) is 6.20 Å². The van der Waals surface area contributed by atoms with Gasteiger partial charge in [-0.25, -0.2) is 4.98 Å². The molecule has 1 saturated heterocycles. The lowest BCUT2D eigenvalue weighted by atomic mass is 10.1. The minimum absolute atomic E-state index is 0.672. The van der Waals surface area contributed by atoms with E-state index < -0.39 is 0 Å². The molecule has 2 fully saturated rings. The number of nitrogens with zero attached hydrogens (tertiary/aromatic N) is 3. The molecule has 1 aliphatic carbocycles. The molecule has 106 valence electrons. The van der Waals surface area contributed by atoms with E-state index in [0.717, 1.165) is 25.7 Å². The second-order valence-corrected chi connectivity index (χ2v) is 7.06. The Morgan fingerprint density at radius 2 is 2.26 bits per heavy atom. The van der Waals surface area contributed by atoms with E-state index in [9.17, 15) is 0 Å². The number of thiazole rings is 1. The number of rotatable bonds is 5. The quantitative estimate of drug-likeness (QED) is 0.893. The van der Waals surface area contributed by atoms with Crippen LogP contribution in [0.25, 0.3) is 0 Å². The van der Waals surface area contributed by atoms with Gasteiger partial charge in [0.15, 0.2) is 5.13 Å². The van der Waals surface area contributed by atoms with E-state index in [0.29, 0.717) is 6.04 Å². The molecule has 2 aliphatic rings. The van der Waals surface area contributed by atoms with E-state index in [4.69, 9.17) is 0 Å². The van der Waals surface area contributed by atoms with Gasteiger partial charge in [-0.3, -0.25) is 0 Å². The van der Waals surface area contributed by atoms with Crippen LogP contribution in [0.4, 0.5) is 5.13 Å². The number of piperidine rings is 1. The number of nitrogens with one attached hydrogen (secondary N) is 1. The molecule has 4 nitrogen and oxygen atoms in total. The molecule has 1 N–H and O–H groups in total. The van der Waals surface area contributed by atoms with Gasteiger partial charge in [-0.15, -0.1) is 11.3 Å². The van der Waals surface area contributed by atoms with Crippen molar-refractivity contribution in [1.29, 1.82) is 0 Å². The Morgan fingerprint density at radius 3 is 3.00 bits per heavy atom. The molecule has 1 unspecified atom stereocenters. The Kier molecular flexibility index (Phi) is 4.05. The third-order valence-electron chi connectivity index (χ3n) is 4.08. The highest BCUT2D eigenvalue weighted by Gasteiger charge is 2.24. The van der Waals surface area contributed by atoms with Gasteiger partial charge < -0.3 is 15.1 Å². The maximum atomic E-state index is 4.62. The van der Waals surface area contributed by atoms with Crippen molar-refractivity contribution in [3.63, 3.8) is 0 Å². The van der Waals surface area contributed by atoms with Crippen LogP contribution >= 0.6 is 11.3 Å². The topological polar surface area (TPSA) is 31.4 Å². The molecule has 1 atom stereocenters. The highest BCUT2D eigenvalue weighted by molar-refractivity contribution is 7.15. The van der Waals surface area contributed by atoms with E-state index in [-0.39, 0.29) is 0 Å². The summed E-state index contributed by atoms with van der Waals surface area (Å²) in [6.45, 7) is 3.27. The predicted molar refractivity (Wildman–Crippen MR) is 80.9 cm³/mol. The van der Waals surface area contributed by atoms with Gasteiger partial charge in [-0.1, -0.05) is 0 Å². The molecule has 1 aromatic rings. The fourth-order valence-corrected chi connectivity index (χ4v) is 3.50. The van der Waals surface area contributed by atoms with Crippen molar-refractivity contribution < 1.29 is 0 Å². The van der Waals surface area contributed by atoms with Crippen LogP contribution in [0.3, 0.4) is 0 Å². The van der Waals surface area contributed by atoms with E-state index in [1.807, 2.05) is 11.3 Å². The van der Waals surface area contributed by atoms with Crippen LogP contribution in [0.2, 0.25) is 0 Å². The summed E-state index contributed by atoms with van der Waals surface area (Å²) in [6, 6.07) is 1.45. The summed E-state index contributed by atoms with van der Waals surface area (Å²) in [7, 11) is 4.36. The third-order valence-corrected chi connectivity index (χ3v) is 5.14. The Bertz CT molecular complexity index is 413. The lowest BCUT2D eigenvalue weighted by Crippen LogP contribution is -2.45. The van der Waals surface area contributed by atoms with Crippen molar-refractivity contribution in [2.45, 2.75) is 44.3 Å². The van der Waals surface area contributed by atoms with Gasteiger partial charge in [0, 0.05) is 42.8 Å². The maximum Gasteiger partial charge on any atom is 0.185 e. The van der Waals surface area contributed by atoms with Crippen LogP contribution < -0.4 is 10.2 Å². The average Bonchev–Trinajstić information content (AvgIpc) is 3.13. The van der Waals surface area contributed by atoms with Crippen molar-refractivity contribution in [3.05, 3.63) is 11.1 Å². The van der Waals surface area contributed by atoms with Crippen LogP contribution in [0, 0.1) is 0 Å². The zero-order valence-electron chi connectivity index (χ0n) is 11.9. The molecule has 5 heteroatoms. The molecule has 3 rings (SSSR count). The lowest BCUT2D eigenvalue weighted by Gasteiger charge is -2.35. The number of hydrogen-bond acceptors (Lipinski definition) is 5. The molecule has 1 aromatic heterocycles. The molecule has 2 heterocycles. The Labute approximate surface area is 119 Å². The van der Waals surface area contributed by atoms with E-state index >= 15 is 0 Å². The first-order valence-corrected chi connectivity index (χ1v) is 8.13. The third kappa shape index (κ3) is 3.46. The smallest absolute Gasteiger partial charge is 0.185 e. The molecular weight excluding hydrogens is 256 g/mol. The largest absolute Gasteiger partial charge is 0.347 e. The van der Waals surface area contributed by atoms with Crippen molar-refractivity contribution >= 4 is 16.5 Å². The highest BCUT2D eigenvalue weighted by atomic mass is 32.1. The molecular formula is C14H24N4S. The fraction of sp³-hybridized carbons (Fsp3) is 0.786. The molecule has 0 aromatic carbocycles. The molecule has 1 aliphatic heterocycles. The van der Waals surface area contributed by atoms with Gasteiger partial charge in [0.05, 0.1) is 0 Å². The molecule has 0 spiro atoms. The van der Waals surface area contributed by atoms with Crippen molar-refractivity contribution in [3.8, 4) is 0 Å². The molecule has 0 amide bonds. The Hall–Kier alpha value is -0.650. The number of likely N-dealkylation sites (N-methyl/N-ethyl adjacent to an activating group) is 1. The summed E-state index contributed by atoms with van der Waals surface area (Å²) < 4.78 is 0. The standard InChI is InChI=1S/C14H24N4S/c1-17(2)12-4-3-7-18(10-12)14-16-9-13(19-14)8-15-11-5-6-11/h9,11-12,15H,3-8,10H2,1-2H3. The Balaban J connectivity index is 1.57. The summed E-state index contributed by atoms with van der Waals surface area (Å²) in [6.07, 6.45) is 7.34. The molecule has 0 radical (unpaired) electrons. The van der Waals surface area contributed by atoms with Gasteiger partial charge in [0.25, 0.3) is 0 Å². The van der Waals surface area contributed by atoms with Gasteiger partial charge in [-0.2, -0.15) is 0 Å². The fourth-order valence-electron chi connectivity index (χ4n) is 2.61. The molecule has 0 bridgehead atoms. The number of anilines is 1. The first-order valence-electron chi connectivity index (χ1n) is 7.32. The highest BCUT2D eigenvalue weighted by Crippen LogP contribution is 2.27. The van der Waals surface area contributed by atoms with Crippen molar-refractivity contribution in [1.82, 2.24) is 15.2 Å². The van der Waals surface area contributed by atoms with Gasteiger partial charge >= 0.3 is 0 Å². The van der Waals surface area contributed by atoms with Gasteiger partial charge in [0.2, 0.25) is 0 Å². The van der Waals surface area contributed by atoms with Crippen LogP contribution in [0.5, 0.6) is 0 Å². The normalized spacial score (nSPS) is 24.2. The minimum atomic E-state index is 0.672. The minimum Gasteiger partial charge on any atom is -0.347 e. The maximum absolute atomic E-state index is 4.62. The first kappa shape index (κ1) is 13.3. The first-order chi connectivity index (χ1) is 9.22. The van der Waals surface area contributed by atoms with Crippen molar-refractivity contribution in [2.75, 3.05) is 32.1 Å². The van der Waals surface area contributed by atoms with E-state index in [2.05, 4.69) is 40.4 Å². The number of aromatic nitrogens is 1. The SMILES string of the molecule is CN(C)C1CCCN(c2ncc(CNC3CC3)s2)C1. The van der Waals surface area contributed by atoms with Crippen LogP contribution in [-0.4, -0.2) is 49.2 Å². The molecule has 1 saturated carbocycles. The summed E-state index contributed by atoms with van der Waals surface area (Å²) >= 11 is 1.86. The van der Waals surface area contributed by atoms with Crippen LogP contribution in [-0.2, 0) is 6.54 Å². The predicted octanol–water partition coefficient (Wildman–Crippen LogP) is 1.93. The second kappa shape index (κ2) is 5.77. The summed E-state index contributed by atoms with van der Waals surface area (Å²) in [5, 5.41) is 4.77. The summed E-state index contributed by atoms with van der Waals surface area (Å²) in [5.41, 5.74) is 0. The van der Waals surface area contributed by atoms with Crippen molar-refractivity contribution in [2.24, 2.45) is 0 Å². The molecule has 19 heavy (non-hydrogen) atoms. The Morgan fingerprint density at radius 1 is 1.42 bits per heavy atom. The monoisotopic (exact) mass is 280 g/mol. The average molecular weight is 280 g/mol. The van der Waals surface area contributed by atoms with Gasteiger partial charge in [0.1, 0.15) is 0 Å². The zero-order chi connectivity index (χ0) is 13.2. The lowest BCUT2D eigenvalue weighted by molar-refractivity contribution is 0.258. The number of hydrogen-bond donors (Lipinski definition) is 1. The summed E-state index contributed by atoms with van der Waals surface area (Å²) in [4.78, 5) is 10.8. The zero-order valence-corrected chi connectivity index (χ0v) is 12.7. The van der Waals surface area contributed by atoms with E-state index in [1.54, 1.807) is 0 Å². The summed E-state index contributed by atoms with van der Waals surface area (Å²) in [5.74, 6) is 0.